The van der Waals surface area contributed by atoms with Gasteiger partial charge < -0.3 is 9.67 Å². The van der Waals surface area contributed by atoms with Crippen molar-refractivity contribution < 1.29 is 14.3 Å². The van der Waals surface area contributed by atoms with E-state index in [0.717, 1.165) is 4.57 Å². The molecular weight excluding hydrogens is 249 g/mol. The molecule has 0 aliphatic rings. The standard InChI is InChI=1S/C14H14FNO3/c1-14(2,13(18)19)9-7-8-5-4-6-10(15)11(8)16(3)12(9)17/h4-7H,1-3H3,(H,18,19). The van der Waals surface area contributed by atoms with Crippen LogP contribution < -0.4 is 5.56 Å². The first-order valence-corrected chi connectivity index (χ1v) is 5.79. The van der Waals surface area contributed by atoms with Crippen LogP contribution in [0.4, 0.5) is 4.39 Å². The minimum atomic E-state index is -1.32. The Morgan fingerprint density at radius 2 is 2.00 bits per heavy atom. The van der Waals surface area contributed by atoms with Gasteiger partial charge in [-0.1, -0.05) is 12.1 Å². The molecule has 5 heteroatoms. The average Bonchev–Trinajstić information content (AvgIpc) is 2.33. The third-order valence-corrected chi connectivity index (χ3v) is 3.40. The summed E-state index contributed by atoms with van der Waals surface area (Å²) in [7, 11) is 1.44. The molecule has 2 aromatic rings. The minimum absolute atomic E-state index is 0.139. The van der Waals surface area contributed by atoms with Crippen molar-refractivity contribution in [2.45, 2.75) is 19.3 Å². The van der Waals surface area contributed by atoms with Crippen LogP contribution in [0.3, 0.4) is 0 Å². The summed E-state index contributed by atoms with van der Waals surface area (Å²) in [5.74, 6) is -1.60. The smallest absolute Gasteiger partial charge is 0.313 e. The van der Waals surface area contributed by atoms with E-state index in [-0.39, 0.29) is 11.1 Å². The van der Waals surface area contributed by atoms with E-state index in [9.17, 15) is 19.1 Å². The van der Waals surface area contributed by atoms with Crippen molar-refractivity contribution in [2.75, 3.05) is 0 Å². The van der Waals surface area contributed by atoms with Gasteiger partial charge in [-0.05, 0) is 26.0 Å². The second kappa shape index (κ2) is 4.19. The number of aromatic nitrogens is 1. The molecule has 1 aromatic carbocycles. The first kappa shape index (κ1) is 13.3. The van der Waals surface area contributed by atoms with Gasteiger partial charge in [-0.15, -0.1) is 0 Å². The number of carboxylic acid groups (broad SMARTS) is 1. The first-order chi connectivity index (χ1) is 8.76. The number of pyridine rings is 1. The van der Waals surface area contributed by atoms with Gasteiger partial charge in [-0.3, -0.25) is 9.59 Å². The predicted octanol–water partition coefficient (Wildman–Crippen LogP) is 2.04. The summed E-state index contributed by atoms with van der Waals surface area (Å²) in [6.45, 7) is 2.91. The number of fused-ring (bicyclic) bond motifs is 1. The molecule has 0 aliphatic heterocycles. The Balaban J connectivity index is 2.91. The Hall–Kier alpha value is -2.17. The number of aliphatic carboxylic acids is 1. The lowest BCUT2D eigenvalue weighted by Gasteiger charge is -2.20. The number of benzene rings is 1. The zero-order valence-corrected chi connectivity index (χ0v) is 10.9. The average molecular weight is 263 g/mol. The fourth-order valence-corrected chi connectivity index (χ4v) is 2.06. The van der Waals surface area contributed by atoms with E-state index in [4.69, 9.17) is 0 Å². The van der Waals surface area contributed by atoms with E-state index in [0.29, 0.717) is 5.39 Å². The number of carboxylic acids is 1. The molecule has 0 saturated carbocycles. The Morgan fingerprint density at radius 1 is 1.37 bits per heavy atom. The van der Waals surface area contributed by atoms with Gasteiger partial charge in [-0.25, -0.2) is 4.39 Å². The van der Waals surface area contributed by atoms with E-state index < -0.39 is 22.8 Å². The maximum absolute atomic E-state index is 13.7. The molecular formula is C14H14FNO3. The summed E-state index contributed by atoms with van der Waals surface area (Å²) in [6, 6.07) is 5.90. The van der Waals surface area contributed by atoms with Gasteiger partial charge in [0.1, 0.15) is 5.82 Å². The monoisotopic (exact) mass is 263 g/mol. The summed E-state index contributed by atoms with van der Waals surface area (Å²) in [5, 5.41) is 9.72. The largest absolute Gasteiger partial charge is 0.481 e. The number of nitrogens with zero attached hydrogens (tertiary/aromatic N) is 1. The molecule has 0 atom stereocenters. The Kier molecular flexibility index (Phi) is 2.92. The molecule has 19 heavy (non-hydrogen) atoms. The second-order valence-corrected chi connectivity index (χ2v) is 5.03. The molecule has 100 valence electrons. The SMILES string of the molecule is Cn1c(=O)c(C(C)(C)C(=O)O)cc2cccc(F)c21. The number of hydrogen-bond donors (Lipinski definition) is 1. The van der Waals surface area contributed by atoms with Crippen molar-refractivity contribution >= 4 is 16.9 Å². The molecule has 1 heterocycles. The molecule has 0 spiro atoms. The number of para-hydroxylation sites is 1. The van der Waals surface area contributed by atoms with Crippen LogP contribution >= 0.6 is 0 Å². The van der Waals surface area contributed by atoms with Crippen LogP contribution in [0.5, 0.6) is 0 Å². The van der Waals surface area contributed by atoms with E-state index in [2.05, 4.69) is 0 Å². The normalized spacial score (nSPS) is 11.8. The van der Waals surface area contributed by atoms with Gasteiger partial charge in [0.15, 0.2) is 0 Å². The van der Waals surface area contributed by atoms with Crippen molar-refractivity contribution in [3.05, 3.63) is 46.0 Å². The van der Waals surface area contributed by atoms with Crippen LogP contribution in [0.1, 0.15) is 19.4 Å². The van der Waals surface area contributed by atoms with Gasteiger partial charge in [0.25, 0.3) is 5.56 Å². The first-order valence-electron chi connectivity index (χ1n) is 5.79. The van der Waals surface area contributed by atoms with E-state index in [1.165, 1.54) is 39.1 Å². The Labute approximate surface area is 109 Å². The summed E-state index contributed by atoms with van der Waals surface area (Å²) in [6.07, 6.45) is 0. The molecule has 0 saturated heterocycles. The number of halogens is 1. The van der Waals surface area contributed by atoms with Crippen LogP contribution in [0.15, 0.2) is 29.1 Å². The van der Waals surface area contributed by atoms with Crippen molar-refractivity contribution in [1.82, 2.24) is 4.57 Å². The number of aryl methyl sites for hydroxylation is 1. The summed E-state index contributed by atoms with van der Waals surface area (Å²) >= 11 is 0. The van der Waals surface area contributed by atoms with Gasteiger partial charge in [0, 0.05) is 18.0 Å². The van der Waals surface area contributed by atoms with Gasteiger partial charge in [-0.2, -0.15) is 0 Å². The Bertz CT molecular complexity index is 731. The molecule has 4 nitrogen and oxygen atoms in total. The summed E-state index contributed by atoms with van der Waals surface area (Å²) < 4.78 is 14.9. The highest BCUT2D eigenvalue weighted by Gasteiger charge is 2.33. The fourth-order valence-electron chi connectivity index (χ4n) is 2.06. The van der Waals surface area contributed by atoms with Crippen LogP contribution in [0.2, 0.25) is 0 Å². The molecule has 0 unspecified atom stereocenters. The van der Waals surface area contributed by atoms with Gasteiger partial charge >= 0.3 is 5.97 Å². The van der Waals surface area contributed by atoms with Crippen LogP contribution in [0.25, 0.3) is 10.9 Å². The van der Waals surface area contributed by atoms with Crippen molar-refractivity contribution in [3.63, 3.8) is 0 Å². The van der Waals surface area contributed by atoms with Crippen molar-refractivity contribution in [2.24, 2.45) is 7.05 Å². The number of hydrogen-bond acceptors (Lipinski definition) is 2. The Morgan fingerprint density at radius 3 is 2.58 bits per heavy atom. The summed E-state index contributed by atoms with van der Waals surface area (Å²) in [5.41, 5.74) is -1.50. The molecule has 0 amide bonds. The molecule has 0 radical (unpaired) electrons. The van der Waals surface area contributed by atoms with E-state index in [1.807, 2.05) is 0 Å². The quantitative estimate of drug-likeness (QED) is 0.902. The molecule has 0 bridgehead atoms. The zero-order chi connectivity index (χ0) is 14.4. The van der Waals surface area contributed by atoms with Crippen molar-refractivity contribution in [3.8, 4) is 0 Å². The number of rotatable bonds is 2. The second-order valence-electron chi connectivity index (χ2n) is 5.03. The summed E-state index contributed by atoms with van der Waals surface area (Å²) in [4.78, 5) is 23.5. The fraction of sp³-hybridized carbons (Fsp3) is 0.286. The highest BCUT2D eigenvalue weighted by Crippen LogP contribution is 2.24. The third-order valence-electron chi connectivity index (χ3n) is 3.40. The predicted molar refractivity (Wildman–Crippen MR) is 69.8 cm³/mol. The number of carbonyl (C=O) groups is 1. The highest BCUT2D eigenvalue weighted by molar-refractivity contribution is 5.85. The minimum Gasteiger partial charge on any atom is -0.481 e. The van der Waals surface area contributed by atoms with Crippen LogP contribution in [-0.2, 0) is 17.3 Å². The van der Waals surface area contributed by atoms with Gasteiger partial charge in [0.2, 0.25) is 0 Å². The highest BCUT2D eigenvalue weighted by atomic mass is 19.1. The lowest BCUT2D eigenvalue weighted by Crippen LogP contribution is -2.37. The van der Waals surface area contributed by atoms with E-state index in [1.54, 1.807) is 6.07 Å². The lowest BCUT2D eigenvalue weighted by atomic mass is 9.85. The van der Waals surface area contributed by atoms with E-state index >= 15 is 0 Å². The molecule has 1 aromatic heterocycles. The third kappa shape index (κ3) is 1.91. The topological polar surface area (TPSA) is 59.3 Å². The zero-order valence-electron chi connectivity index (χ0n) is 10.9. The molecule has 2 rings (SSSR count). The lowest BCUT2D eigenvalue weighted by molar-refractivity contribution is -0.142. The molecule has 0 aliphatic carbocycles. The van der Waals surface area contributed by atoms with Gasteiger partial charge in [0.05, 0.1) is 10.9 Å². The van der Waals surface area contributed by atoms with Crippen LogP contribution in [-0.4, -0.2) is 15.6 Å². The molecule has 1 N–H and O–H groups in total. The van der Waals surface area contributed by atoms with Crippen LogP contribution in [0, 0.1) is 5.82 Å². The molecule has 0 fully saturated rings. The maximum Gasteiger partial charge on any atom is 0.313 e. The van der Waals surface area contributed by atoms with Crippen molar-refractivity contribution in [1.29, 1.82) is 0 Å². The maximum atomic E-state index is 13.7.